The molecule has 3 rings (SSSR count). The largest absolute Gasteiger partial charge is 0.478 e. The minimum absolute atomic E-state index is 0.0933. The summed E-state index contributed by atoms with van der Waals surface area (Å²) >= 11 is 1.09. The highest BCUT2D eigenvalue weighted by Gasteiger charge is 2.38. The molecular weight excluding hydrogens is 392 g/mol. The van der Waals surface area contributed by atoms with Gasteiger partial charge < -0.3 is 10.4 Å². The monoisotopic (exact) mass is 412 g/mol. The Bertz CT molecular complexity index is 1020. The lowest BCUT2D eigenvalue weighted by Crippen LogP contribution is -2.30. The molecule has 3 amide bonds. The smallest absolute Gasteiger partial charge is 0.336 e. The van der Waals surface area contributed by atoms with E-state index in [0.29, 0.717) is 28.4 Å². The second-order valence-corrected chi connectivity index (χ2v) is 7.68. The summed E-state index contributed by atoms with van der Waals surface area (Å²) in [6, 6.07) is 9.53. The highest BCUT2D eigenvalue weighted by molar-refractivity contribution is 7.99. The molecule has 29 heavy (non-hydrogen) atoms. The van der Waals surface area contributed by atoms with E-state index in [0.717, 1.165) is 18.2 Å². The molecular formula is C21H20N2O5S. The number of nitrogens with one attached hydrogen (secondary N) is 1. The summed E-state index contributed by atoms with van der Waals surface area (Å²) in [5, 5.41) is 12.1. The van der Waals surface area contributed by atoms with E-state index in [2.05, 4.69) is 5.32 Å². The van der Waals surface area contributed by atoms with Crippen LogP contribution in [0, 0.1) is 0 Å². The summed E-state index contributed by atoms with van der Waals surface area (Å²) in [6.45, 7) is 3.63. The molecule has 0 fully saturated rings. The SMILES string of the molecule is CCCCN1C(=O)c2cc(NC(C)=O)cc(Sc3ccccc3C(=O)O)c2C1=O. The van der Waals surface area contributed by atoms with Crippen molar-refractivity contribution in [2.45, 2.75) is 36.5 Å². The van der Waals surface area contributed by atoms with Gasteiger partial charge in [-0.05, 0) is 30.7 Å². The Morgan fingerprint density at radius 2 is 1.83 bits per heavy atom. The van der Waals surface area contributed by atoms with Crippen LogP contribution < -0.4 is 5.32 Å². The fourth-order valence-corrected chi connectivity index (χ4v) is 4.24. The van der Waals surface area contributed by atoms with Crippen molar-refractivity contribution in [1.82, 2.24) is 4.90 Å². The summed E-state index contributed by atoms with van der Waals surface area (Å²) in [7, 11) is 0. The number of amides is 3. The van der Waals surface area contributed by atoms with E-state index in [1.165, 1.54) is 24.0 Å². The van der Waals surface area contributed by atoms with Gasteiger partial charge in [-0.1, -0.05) is 37.2 Å². The zero-order valence-electron chi connectivity index (χ0n) is 16.0. The van der Waals surface area contributed by atoms with Gasteiger partial charge in [0.15, 0.2) is 0 Å². The molecule has 1 aliphatic heterocycles. The lowest BCUT2D eigenvalue weighted by molar-refractivity contribution is -0.114. The van der Waals surface area contributed by atoms with Crippen LogP contribution in [0.4, 0.5) is 5.69 Å². The van der Waals surface area contributed by atoms with E-state index < -0.39 is 17.8 Å². The molecule has 0 aromatic heterocycles. The standard InChI is InChI=1S/C21H20N2O5S/c1-3-4-9-23-19(25)15-10-13(22-12(2)24)11-17(18(15)20(23)26)29-16-8-6-5-7-14(16)21(27)28/h5-8,10-11H,3-4,9H2,1-2H3,(H,22,24)(H,27,28). The molecule has 0 radical (unpaired) electrons. The number of hydrogen-bond acceptors (Lipinski definition) is 5. The lowest BCUT2D eigenvalue weighted by atomic mass is 10.1. The van der Waals surface area contributed by atoms with Crippen molar-refractivity contribution in [3.05, 3.63) is 53.1 Å². The molecule has 2 N–H and O–H groups in total. The number of unbranched alkanes of at least 4 members (excludes halogenated alkanes) is 1. The number of nitrogens with zero attached hydrogens (tertiary/aromatic N) is 1. The van der Waals surface area contributed by atoms with E-state index in [9.17, 15) is 24.3 Å². The van der Waals surface area contributed by atoms with Crippen LogP contribution in [-0.2, 0) is 4.79 Å². The average molecular weight is 412 g/mol. The third-order valence-electron chi connectivity index (χ3n) is 4.43. The maximum Gasteiger partial charge on any atom is 0.336 e. The minimum atomic E-state index is -1.09. The van der Waals surface area contributed by atoms with Crippen LogP contribution in [-0.4, -0.2) is 40.2 Å². The Balaban J connectivity index is 2.10. The number of carbonyl (C=O) groups is 4. The number of benzene rings is 2. The highest BCUT2D eigenvalue weighted by atomic mass is 32.2. The van der Waals surface area contributed by atoms with Crippen molar-refractivity contribution in [3.8, 4) is 0 Å². The number of fused-ring (bicyclic) bond motifs is 1. The molecule has 7 nitrogen and oxygen atoms in total. The van der Waals surface area contributed by atoms with Gasteiger partial charge >= 0.3 is 5.97 Å². The van der Waals surface area contributed by atoms with Gasteiger partial charge in [0.05, 0.1) is 16.7 Å². The Labute approximate surface area is 172 Å². The van der Waals surface area contributed by atoms with Crippen molar-refractivity contribution in [3.63, 3.8) is 0 Å². The lowest BCUT2D eigenvalue weighted by Gasteiger charge is -2.13. The average Bonchev–Trinajstić information content (AvgIpc) is 2.90. The number of carboxylic acid groups (broad SMARTS) is 1. The van der Waals surface area contributed by atoms with Crippen LogP contribution in [0.2, 0.25) is 0 Å². The quantitative estimate of drug-likeness (QED) is 0.669. The predicted octanol–water partition coefficient (Wildman–Crippen LogP) is 3.89. The summed E-state index contributed by atoms with van der Waals surface area (Å²) < 4.78 is 0. The predicted molar refractivity (Wildman–Crippen MR) is 109 cm³/mol. The maximum atomic E-state index is 13.0. The summed E-state index contributed by atoms with van der Waals surface area (Å²) in [5.74, 6) is -2.21. The normalized spacial score (nSPS) is 12.8. The van der Waals surface area contributed by atoms with Gasteiger partial charge in [-0.15, -0.1) is 0 Å². The molecule has 150 valence electrons. The molecule has 0 saturated heterocycles. The fraction of sp³-hybridized carbons (Fsp3) is 0.238. The number of imide groups is 1. The van der Waals surface area contributed by atoms with Crippen LogP contribution in [0.3, 0.4) is 0 Å². The van der Waals surface area contributed by atoms with Gasteiger partial charge in [0.1, 0.15) is 0 Å². The molecule has 0 aliphatic carbocycles. The van der Waals surface area contributed by atoms with Gasteiger partial charge in [-0.2, -0.15) is 0 Å². The first-order valence-electron chi connectivity index (χ1n) is 9.15. The third-order valence-corrected chi connectivity index (χ3v) is 5.55. The highest BCUT2D eigenvalue weighted by Crippen LogP contribution is 2.39. The van der Waals surface area contributed by atoms with Gasteiger partial charge in [-0.25, -0.2) is 4.79 Å². The fourth-order valence-electron chi connectivity index (χ4n) is 3.10. The maximum absolute atomic E-state index is 13.0. The second kappa shape index (κ2) is 8.48. The van der Waals surface area contributed by atoms with E-state index >= 15 is 0 Å². The van der Waals surface area contributed by atoms with Gasteiger partial charge in [0, 0.05) is 28.9 Å². The van der Waals surface area contributed by atoms with Crippen LogP contribution in [0.5, 0.6) is 0 Å². The summed E-state index contributed by atoms with van der Waals surface area (Å²) in [4.78, 5) is 50.9. The zero-order valence-corrected chi connectivity index (χ0v) is 16.8. The summed E-state index contributed by atoms with van der Waals surface area (Å²) in [6.07, 6.45) is 1.52. The molecule has 2 aromatic rings. The molecule has 0 unspecified atom stereocenters. The molecule has 0 saturated carbocycles. The Morgan fingerprint density at radius 1 is 1.10 bits per heavy atom. The van der Waals surface area contributed by atoms with Crippen molar-refractivity contribution >= 4 is 41.1 Å². The Morgan fingerprint density at radius 3 is 2.48 bits per heavy atom. The Hall–Kier alpha value is -3.13. The van der Waals surface area contributed by atoms with Crippen LogP contribution in [0.25, 0.3) is 0 Å². The van der Waals surface area contributed by atoms with Gasteiger partial charge in [0.25, 0.3) is 11.8 Å². The molecule has 0 spiro atoms. The van der Waals surface area contributed by atoms with E-state index in [1.807, 2.05) is 6.92 Å². The van der Waals surface area contributed by atoms with Gasteiger partial charge in [0.2, 0.25) is 5.91 Å². The van der Waals surface area contributed by atoms with Crippen molar-refractivity contribution in [2.24, 2.45) is 0 Å². The second-order valence-electron chi connectivity index (χ2n) is 6.60. The van der Waals surface area contributed by atoms with Crippen LogP contribution in [0.1, 0.15) is 57.8 Å². The first kappa shape index (κ1) is 20.6. The molecule has 1 heterocycles. The Kier molecular flexibility index (Phi) is 6.03. The van der Waals surface area contributed by atoms with Crippen LogP contribution >= 0.6 is 11.8 Å². The van der Waals surface area contributed by atoms with E-state index in [-0.39, 0.29) is 22.6 Å². The first-order chi connectivity index (χ1) is 13.8. The summed E-state index contributed by atoms with van der Waals surface area (Å²) in [5.41, 5.74) is 0.930. The third kappa shape index (κ3) is 4.17. The number of hydrogen-bond donors (Lipinski definition) is 2. The first-order valence-corrected chi connectivity index (χ1v) is 9.97. The van der Waals surface area contributed by atoms with Gasteiger partial charge in [-0.3, -0.25) is 19.3 Å². The topological polar surface area (TPSA) is 104 Å². The number of rotatable bonds is 7. The number of anilines is 1. The van der Waals surface area contributed by atoms with Crippen LogP contribution in [0.15, 0.2) is 46.2 Å². The van der Waals surface area contributed by atoms with E-state index in [4.69, 9.17) is 0 Å². The molecule has 1 aliphatic rings. The molecule has 0 atom stereocenters. The van der Waals surface area contributed by atoms with Crippen molar-refractivity contribution in [2.75, 3.05) is 11.9 Å². The minimum Gasteiger partial charge on any atom is -0.478 e. The molecule has 2 aromatic carbocycles. The van der Waals surface area contributed by atoms with Crippen molar-refractivity contribution < 1.29 is 24.3 Å². The number of aromatic carboxylic acids is 1. The zero-order chi connectivity index (χ0) is 21.1. The van der Waals surface area contributed by atoms with E-state index in [1.54, 1.807) is 24.3 Å². The van der Waals surface area contributed by atoms with Crippen molar-refractivity contribution in [1.29, 1.82) is 0 Å². The molecule has 8 heteroatoms. The number of carboxylic acids is 1. The number of carbonyl (C=O) groups excluding carboxylic acids is 3. The molecule has 0 bridgehead atoms.